The van der Waals surface area contributed by atoms with E-state index < -0.39 is 0 Å². The zero-order valence-electron chi connectivity index (χ0n) is 11.8. The van der Waals surface area contributed by atoms with Crippen molar-refractivity contribution in [2.45, 2.75) is 57.6 Å². The average molecular weight is 291 g/mol. The number of hydrogen-bond donors (Lipinski definition) is 1. The second-order valence-corrected chi connectivity index (χ2v) is 6.54. The third kappa shape index (κ3) is 2.79. The molecule has 2 unspecified atom stereocenters. The van der Waals surface area contributed by atoms with E-state index in [9.17, 15) is 0 Å². The van der Waals surface area contributed by atoms with Crippen molar-refractivity contribution in [3.8, 4) is 5.88 Å². The second kappa shape index (κ2) is 6.06. The number of hydrogen-bond acceptors (Lipinski definition) is 5. The quantitative estimate of drug-likeness (QED) is 0.881. The van der Waals surface area contributed by atoms with Crippen molar-refractivity contribution >= 4 is 21.6 Å². The summed E-state index contributed by atoms with van der Waals surface area (Å²) in [6.45, 7) is 2.15. The molecule has 2 aromatic rings. The van der Waals surface area contributed by atoms with Crippen LogP contribution in [0.15, 0.2) is 12.4 Å². The number of ether oxygens (including phenoxy) is 1. The van der Waals surface area contributed by atoms with Crippen molar-refractivity contribution in [1.82, 2.24) is 9.97 Å². The summed E-state index contributed by atoms with van der Waals surface area (Å²) in [5, 5.41) is 1.03. The molecule has 1 fully saturated rings. The predicted molar refractivity (Wildman–Crippen MR) is 82.3 cm³/mol. The van der Waals surface area contributed by atoms with Crippen LogP contribution in [0.1, 0.15) is 43.9 Å². The van der Waals surface area contributed by atoms with Crippen LogP contribution < -0.4 is 10.5 Å². The fraction of sp³-hybridized carbons (Fsp3) is 0.600. The number of rotatable bonds is 3. The van der Waals surface area contributed by atoms with Crippen molar-refractivity contribution in [2.24, 2.45) is 5.73 Å². The minimum Gasteiger partial charge on any atom is -0.472 e. The molecule has 20 heavy (non-hydrogen) atoms. The van der Waals surface area contributed by atoms with Gasteiger partial charge in [0.05, 0.1) is 5.39 Å². The molecule has 2 N–H and O–H groups in total. The highest BCUT2D eigenvalue weighted by Gasteiger charge is 2.23. The van der Waals surface area contributed by atoms with Gasteiger partial charge in [-0.15, -0.1) is 11.3 Å². The standard InChI is InChI=1S/C15H21N3OS/c1-2-10-8-11-14(17-9-18-15(11)20-10)19-13-7-5-3-4-6-12(13)16/h8-9,12-13H,2-7,16H2,1H3. The number of aryl methyl sites for hydroxylation is 1. The molecule has 0 amide bonds. The van der Waals surface area contributed by atoms with E-state index >= 15 is 0 Å². The molecule has 2 atom stereocenters. The molecule has 1 saturated carbocycles. The van der Waals surface area contributed by atoms with E-state index in [0.29, 0.717) is 5.88 Å². The summed E-state index contributed by atoms with van der Waals surface area (Å²) in [6, 6.07) is 2.27. The Morgan fingerprint density at radius 2 is 2.15 bits per heavy atom. The molecule has 0 aliphatic heterocycles. The van der Waals surface area contributed by atoms with Gasteiger partial charge < -0.3 is 10.5 Å². The highest BCUT2D eigenvalue weighted by atomic mass is 32.1. The maximum atomic E-state index is 6.24. The topological polar surface area (TPSA) is 61.0 Å². The molecule has 2 aromatic heterocycles. The van der Waals surface area contributed by atoms with Crippen molar-refractivity contribution in [1.29, 1.82) is 0 Å². The SMILES string of the molecule is CCc1cc2c(OC3CCCCCC3N)ncnc2s1. The summed E-state index contributed by atoms with van der Waals surface area (Å²) in [5.74, 6) is 0.702. The molecular weight excluding hydrogens is 270 g/mol. The summed E-state index contributed by atoms with van der Waals surface area (Å²) in [7, 11) is 0. The third-order valence-electron chi connectivity index (χ3n) is 3.96. The summed E-state index contributed by atoms with van der Waals surface area (Å²) < 4.78 is 6.15. The molecule has 0 bridgehead atoms. The second-order valence-electron chi connectivity index (χ2n) is 5.42. The molecule has 4 nitrogen and oxygen atoms in total. The first-order valence-electron chi connectivity index (χ1n) is 7.43. The summed E-state index contributed by atoms with van der Waals surface area (Å²) in [6.07, 6.45) is 8.42. The molecular formula is C15H21N3OS. The molecule has 108 valence electrons. The van der Waals surface area contributed by atoms with Crippen LogP contribution in [0.5, 0.6) is 5.88 Å². The van der Waals surface area contributed by atoms with Crippen molar-refractivity contribution in [3.05, 3.63) is 17.3 Å². The largest absolute Gasteiger partial charge is 0.472 e. The van der Waals surface area contributed by atoms with Crippen LogP contribution in [-0.4, -0.2) is 22.1 Å². The predicted octanol–water partition coefficient (Wildman–Crippen LogP) is 3.29. The van der Waals surface area contributed by atoms with Crippen molar-refractivity contribution in [3.63, 3.8) is 0 Å². The van der Waals surface area contributed by atoms with Crippen molar-refractivity contribution < 1.29 is 4.74 Å². The Labute approximate surface area is 123 Å². The summed E-state index contributed by atoms with van der Waals surface area (Å²) in [5.41, 5.74) is 6.24. The molecule has 0 spiro atoms. The maximum absolute atomic E-state index is 6.24. The van der Waals surface area contributed by atoms with Crippen LogP contribution in [0.4, 0.5) is 0 Å². The lowest BCUT2D eigenvalue weighted by atomic mass is 10.1. The fourth-order valence-electron chi connectivity index (χ4n) is 2.74. The maximum Gasteiger partial charge on any atom is 0.225 e. The number of nitrogens with two attached hydrogens (primary N) is 1. The third-order valence-corrected chi connectivity index (χ3v) is 5.15. The van der Waals surface area contributed by atoms with E-state index in [1.54, 1.807) is 17.7 Å². The van der Waals surface area contributed by atoms with Gasteiger partial charge in [0.25, 0.3) is 0 Å². The van der Waals surface area contributed by atoms with E-state index in [0.717, 1.165) is 29.5 Å². The lowest BCUT2D eigenvalue weighted by molar-refractivity contribution is 0.158. The monoisotopic (exact) mass is 291 g/mol. The highest BCUT2D eigenvalue weighted by Crippen LogP contribution is 2.31. The van der Waals surface area contributed by atoms with E-state index in [-0.39, 0.29) is 12.1 Å². The van der Waals surface area contributed by atoms with Crippen LogP contribution in [0, 0.1) is 0 Å². The minimum absolute atomic E-state index is 0.0839. The van der Waals surface area contributed by atoms with Crippen LogP contribution in [0.3, 0.4) is 0 Å². The Morgan fingerprint density at radius 3 is 3.00 bits per heavy atom. The average Bonchev–Trinajstić information content (AvgIpc) is 2.79. The van der Waals surface area contributed by atoms with E-state index in [1.807, 2.05) is 0 Å². The molecule has 1 aliphatic carbocycles. The molecule has 0 saturated heterocycles. The molecule has 5 heteroatoms. The zero-order chi connectivity index (χ0) is 13.9. The summed E-state index contributed by atoms with van der Waals surface area (Å²) >= 11 is 1.72. The lowest BCUT2D eigenvalue weighted by Crippen LogP contribution is -2.38. The summed E-state index contributed by atoms with van der Waals surface area (Å²) in [4.78, 5) is 11.0. The van der Waals surface area contributed by atoms with E-state index in [2.05, 4.69) is 23.0 Å². The van der Waals surface area contributed by atoms with Gasteiger partial charge in [-0.3, -0.25) is 0 Å². The molecule has 3 rings (SSSR count). The highest BCUT2D eigenvalue weighted by molar-refractivity contribution is 7.18. The zero-order valence-corrected chi connectivity index (χ0v) is 12.7. The molecule has 0 radical (unpaired) electrons. The Bertz CT molecular complexity index is 584. The Kier molecular flexibility index (Phi) is 4.17. The Balaban J connectivity index is 1.87. The number of nitrogens with zero attached hydrogens (tertiary/aromatic N) is 2. The number of aromatic nitrogens is 2. The van der Waals surface area contributed by atoms with Crippen LogP contribution in [0.2, 0.25) is 0 Å². The van der Waals surface area contributed by atoms with Gasteiger partial charge in [0.15, 0.2) is 0 Å². The van der Waals surface area contributed by atoms with Crippen LogP contribution in [0.25, 0.3) is 10.2 Å². The first-order chi connectivity index (χ1) is 9.78. The minimum atomic E-state index is 0.0839. The first-order valence-corrected chi connectivity index (χ1v) is 8.25. The fourth-order valence-corrected chi connectivity index (χ4v) is 3.67. The van der Waals surface area contributed by atoms with Gasteiger partial charge in [0.2, 0.25) is 5.88 Å². The smallest absolute Gasteiger partial charge is 0.225 e. The van der Waals surface area contributed by atoms with Crippen LogP contribution >= 0.6 is 11.3 Å². The number of fused-ring (bicyclic) bond motifs is 1. The van der Waals surface area contributed by atoms with Crippen molar-refractivity contribution in [2.75, 3.05) is 0 Å². The molecule has 2 heterocycles. The van der Waals surface area contributed by atoms with Gasteiger partial charge in [-0.2, -0.15) is 0 Å². The lowest BCUT2D eigenvalue weighted by Gasteiger charge is -2.22. The van der Waals surface area contributed by atoms with Gasteiger partial charge in [0, 0.05) is 10.9 Å². The first kappa shape index (κ1) is 13.8. The van der Waals surface area contributed by atoms with Gasteiger partial charge >= 0.3 is 0 Å². The Morgan fingerprint density at radius 1 is 1.30 bits per heavy atom. The molecule has 1 aliphatic rings. The van der Waals surface area contributed by atoms with Crippen LogP contribution in [-0.2, 0) is 6.42 Å². The van der Waals surface area contributed by atoms with Gasteiger partial charge in [0.1, 0.15) is 17.3 Å². The molecule has 0 aromatic carbocycles. The number of thiophene rings is 1. The van der Waals surface area contributed by atoms with Gasteiger partial charge in [-0.1, -0.05) is 19.8 Å². The normalized spacial score (nSPS) is 23.7. The van der Waals surface area contributed by atoms with E-state index in [1.165, 1.54) is 24.1 Å². The van der Waals surface area contributed by atoms with Gasteiger partial charge in [-0.05, 0) is 31.7 Å². The van der Waals surface area contributed by atoms with E-state index in [4.69, 9.17) is 10.5 Å². The Hall–Kier alpha value is -1.20. The van der Waals surface area contributed by atoms with Gasteiger partial charge in [-0.25, -0.2) is 9.97 Å².